The van der Waals surface area contributed by atoms with Crippen LogP contribution in [0.1, 0.15) is 25.3 Å². The van der Waals surface area contributed by atoms with Crippen LogP contribution in [0.3, 0.4) is 0 Å². The minimum atomic E-state index is 0.0751. The summed E-state index contributed by atoms with van der Waals surface area (Å²) in [5.41, 5.74) is 8.26. The van der Waals surface area contributed by atoms with Crippen LogP contribution in [0, 0.1) is 0 Å². The van der Waals surface area contributed by atoms with E-state index in [0.717, 1.165) is 24.8 Å². The number of rotatable bonds is 5. The Morgan fingerprint density at radius 3 is 2.69 bits per heavy atom. The van der Waals surface area contributed by atoms with Gasteiger partial charge in [-0.1, -0.05) is 48.3 Å². The molecule has 1 nitrogen and oxygen atoms in total. The summed E-state index contributed by atoms with van der Waals surface area (Å²) < 4.78 is 0. The van der Waals surface area contributed by atoms with Crippen molar-refractivity contribution in [3.8, 4) is 0 Å². The Bertz CT molecular complexity index is 374. The molecule has 3 heteroatoms. The maximum Gasteiger partial charge on any atom is 0.0453 e. The second-order valence-electron chi connectivity index (χ2n) is 4.01. The average molecular weight is 258 g/mol. The third-order valence-electron chi connectivity index (χ3n) is 2.55. The van der Waals surface area contributed by atoms with E-state index in [-0.39, 0.29) is 6.04 Å². The highest BCUT2D eigenvalue weighted by Gasteiger charge is 2.08. The van der Waals surface area contributed by atoms with Gasteiger partial charge in [0.15, 0.2) is 0 Å². The standard InChI is InChI=1S/C13H17Cl2N/c1-3-9(2)6-12(16)7-10-4-5-11(14)8-13(10)15/h4-5,8,12H,2-3,6-7,16H2,1H3. The average Bonchev–Trinajstić information content (AvgIpc) is 2.22. The molecule has 0 saturated heterocycles. The fourth-order valence-electron chi connectivity index (χ4n) is 1.56. The van der Waals surface area contributed by atoms with E-state index in [0.29, 0.717) is 10.0 Å². The van der Waals surface area contributed by atoms with Gasteiger partial charge in [-0.2, -0.15) is 0 Å². The van der Waals surface area contributed by atoms with Gasteiger partial charge in [0.1, 0.15) is 0 Å². The molecule has 0 amide bonds. The van der Waals surface area contributed by atoms with Gasteiger partial charge >= 0.3 is 0 Å². The van der Waals surface area contributed by atoms with Crippen molar-refractivity contribution in [2.75, 3.05) is 0 Å². The van der Waals surface area contributed by atoms with E-state index in [4.69, 9.17) is 28.9 Å². The van der Waals surface area contributed by atoms with Crippen LogP contribution in [0.15, 0.2) is 30.4 Å². The molecule has 2 N–H and O–H groups in total. The first kappa shape index (κ1) is 13.6. The predicted octanol–water partition coefficient (Wildman–Crippen LogP) is 4.22. The molecule has 1 aromatic rings. The van der Waals surface area contributed by atoms with Crippen LogP contribution in [0.2, 0.25) is 10.0 Å². The normalized spacial score (nSPS) is 12.5. The van der Waals surface area contributed by atoms with Crippen LogP contribution < -0.4 is 5.73 Å². The van der Waals surface area contributed by atoms with Crippen LogP contribution in [0.5, 0.6) is 0 Å². The molecule has 0 spiro atoms. The Morgan fingerprint density at radius 2 is 2.12 bits per heavy atom. The Balaban J connectivity index is 2.62. The Kier molecular flexibility index (Phi) is 5.33. The van der Waals surface area contributed by atoms with Crippen LogP contribution in [-0.2, 0) is 6.42 Å². The maximum atomic E-state index is 6.08. The highest BCUT2D eigenvalue weighted by atomic mass is 35.5. The first-order valence-corrected chi connectivity index (χ1v) is 6.14. The molecule has 16 heavy (non-hydrogen) atoms. The molecule has 0 bridgehead atoms. The van der Waals surface area contributed by atoms with Crippen molar-refractivity contribution in [2.45, 2.75) is 32.2 Å². The summed E-state index contributed by atoms with van der Waals surface area (Å²) in [5, 5.41) is 1.34. The molecule has 0 aliphatic rings. The monoisotopic (exact) mass is 257 g/mol. The van der Waals surface area contributed by atoms with Crippen molar-refractivity contribution < 1.29 is 0 Å². The molecular formula is C13H17Cl2N. The molecular weight excluding hydrogens is 241 g/mol. The lowest BCUT2D eigenvalue weighted by atomic mass is 9.99. The lowest BCUT2D eigenvalue weighted by Gasteiger charge is -2.13. The van der Waals surface area contributed by atoms with Gasteiger partial charge in [-0.3, -0.25) is 0 Å². The molecule has 0 radical (unpaired) electrons. The first-order valence-electron chi connectivity index (χ1n) is 5.39. The molecule has 0 aliphatic heterocycles. The highest BCUT2D eigenvalue weighted by molar-refractivity contribution is 6.35. The molecule has 0 aromatic heterocycles. The van der Waals surface area contributed by atoms with E-state index < -0.39 is 0 Å². The fraction of sp³-hybridized carbons (Fsp3) is 0.385. The second kappa shape index (κ2) is 6.29. The van der Waals surface area contributed by atoms with E-state index in [1.807, 2.05) is 12.1 Å². The Morgan fingerprint density at radius 1 is 1.44 bits per heavy atom. The van der Waals surface area contributed by atoms with Crippen LogP contribution in [0.25, 0.3) is 0 Å². The van der Waals surface area contributed by atoms with Crippen LogP contribution in [-0.4, -0.2) is 6.04 Å². The summed E-state index contributed by atoms with van der Waals surface area (Å²) in [4.78, 5) is 0. The van der Waals surface area contributed by atoms with E-state index in [9.17, 15) is 0 Å². The largest absolute Gasteiger partial charge is 0.327 e. The molecule has 88 valence electrons. The van der Waals surface area contributed by atoms with Gasteiger partial charge < -0.3 is 5.73 Å². The highest BCUT2D eigenvalue weighted by Crippen LogP contribution is 2.22. The minimum absolute atomic E-state index is 0.0751. The van der Waals surface area contributed by atoms with Crippen molar-refractivity contribution in [3.05, 3.63) is 46.0 Å². The summed E-state index contributed by atoms with van der Waals surface area (Å²) >= 11 is 11.9. The second-order valence-corrected chi connectivity index (χ2v) is 4.85. The summed E-state index contributed by atoms with van der Waals surface area (Å²) in [6, 6.07) is 5.59. The number of hydrogen-bond acceptors (Lipinski definition) is 1. The van der Waals surface area contributed by atoms with E-state index in [2.05, 4.69) is 13.5 Å². The summed E-state index contributed by atoms with van der Waals surface area (Å²) in [6.45, 7) is 6.04. The van der Waals surface area contributed by atoms with E-state index in [1.54, 1.807) is 6.07 Å². The molecule has 0 fully saturated rings. The van der Waals surface area contributed by atoms with E-state index in [1.165, 1.54) is 5.57 Å². The molecule has 1 aromatic carbocycles. The van der Waals surface area contributed by atoms with E-state index >= 15 is 0 Å². The van der Waals surface area contributed by atoms with Gasteiger partial charge in [0.25, 0.3) is 0 Å². The van der Waals surface area contributed by atoms with Crippen molar-refractivity contribution in [2.24, 2.45) is 5.73 Å². The number of benzene rings is 1. The molecule has 1 rings (SSSR count). The van der Waals surface area contributed by atoms with Crippen molar-refractivity contribution in [1.82, 2.24) is 0 Å². The summed E-state index contributed by atoms with van der Waals surface area (Å²) in [5.74, 6) is 0. The van der Waals surface area contributed by atoms with Crippen molar-refractivity contribution >= 4 is 23.2 Å². The van der Waals surface area contributed by atoms with Crippen LogP contribution in [0.4, 0.5) is 0 Å². The van der Waals surface area contributed by atoms with Crippen molar-refractivity contribution in [3.63, 3.8) is 0 Å². The zero-order chi connectivity index (χ0) is 12.1. The number of hydrogen-bond donors (Lipinski definition) is 1. The fourth-order valence-corrected chi connectivity index (χ4v) is 2.04. The zero-order valence-electron chi connectivity index (χ0n) is 9.47. The molecule has 1 atom stereocenters. The molecule has 1 unspecified atom stereocenters. The zero-order valence-corrected chi connectivity index (χ0v) is 11.0. The van der Waals surface area contributed by atoms with Gasteiger partial charge in [0.2, 0.25) is 0 Å². The van der Waals surface area contributed by atoms with Gasteiger partial charge in [0.05, 0.1) is 0 Å². The third kappa shape index (κ3) is 4.17. The van der Waals surface area contributed by atoms with Gasteiger partial charge in [-0.15, -0.1) is 0 Å². The predicted molar refractivity (Wildman–Crippen MR) is 72.2 cm³/mol. The van der Waals surface area contributed by atoms with Gasteiger partial charge in [0, 0.05) is 16.1 Å². The van der Waals surface area contributed by atoms with Crippen LogP contribution >= 0.6 is 23.2 Å². The maximum absolute atomic E-state index is 6.08. The lowest BCUT2D eigenvalue weighted by Crippen LogP contribution is -2.23. The lowest BCUT2D eigenvalue weighted by molar-refractivity contribution is 0.651. The molecule has 0 heterocycles. The van der Waals surface area contributed by atoms with Gasteiger partial charge in [-0.25, -0.2) is 0 Å². The SMILES string of the molecule is C=C(CC)CC(N)Cc1ccc(Cl)cc1Cl. The summed E-state index contributed by atoms with van der Waals surface area (Å²) in [6.07, 6.45) is 2.58. The molecule has 0 saturated carbocycles. The summed E-state index contributed by atoms with van der Waals surface area (Å²) in [7, 11) is 0. The Hall–Kier alpha value is -0.500. The topological polar surface area (TPSA) is 26.0 Å². The Labute approximate surface area is 107 Å². The van der Waals surface area contributed by atoms with Crippen molar-refractivity contribution in [1.29, 1.82) is 0 Å². The number of nitrogens with two attached hydrogens (primary N) is 1. The smallest absolute Gasteiger partial charge is 0.0453 e. The van der Waals surface area contributed by atoms with Gasteiger partial charge in [-0.05, 0) is 37.0 Å². The minimum Gasteiger partial charge on any atom is -0.327 e. The third-order valence-corrected chi connectivity index (χ3v) is 3.14. The quantitative estimate of drug-likeness (QED) is 0.786. The molecule has 0 aliphatic carbocycles. The number of halogens is 2. The first-order chi connectivity index (χ1) is 7.52.